The van der Waals surface area contributed by atoms with E-state index in [0.29, 0.717) is 23.7 Å². The highest BCUT2D eigenvalue weighted by Crippen LogP contribution is 2.29. The maximum Gasteiger partial charge on any atom is 0.204 e. The maximum atomic E-state index is 13.3. The van der Waals surface area contributed by atoms with Crippen LogP contribution in [-0.2, 0) is 6.42 Å². The van der Waals surface area contributed by atoms with Crippen LogP contribution in [0.15, 0.2) is 61.6 Å². The molecule has 29 heavy (non-hydrogen) atoms. The van der Waals surface area contributed by atoms with Gasteiger partial charge < -0.3 is 5.73 Å². The summed E-state index contributed by atoms with van der Waals surface area (Å²) in [6.45, 7) is 0.530. The summed E-state index contributed by atoms with van der Waals surface area (Å²) >= 11 is 0.949. The summed E-state index contributed by atoms with van der Waals surface area (Å²) in [5.74, 6) is 0. The van der Waals surface area contributed by atoms with Crippen LogP contribution in [0.1, 0.15) is 12.0 Å². The molecule has 0 bridgehead atoms. The zero-order valence-corrected chi connectivity index (χ0v) is 16.1. The van der Waals surface area contributed by atoms with Crippen LogP contribution in [-0.4, -0.2) is 6.54 Å². The van der Waals surface area contributed by atoms with Crippen LogP contribution in [0.25, 0.3) is 41.7 Å². The molecule has 0 amide bonds. The molecule has 6 heteroatoms. The Morgan fingerprint density at radius 1 is 0.690 bits per heavy atom. The number of hydrogen-bond donors (Lipinski definition) is 1. The summed E-state index contributed by atoms with van der Waals surface area (Å²) in [5, 5.41) is 1.33. The van der Waals surface area contributed by atoms with E-state index < -0.39 is 0 Å². The number of hydrogen-bond acceptors (Lipinski definition) is 6. The molecule has 0 atom stereocenters. The minimum absolute atomic E-state index is 0.0741. The van der Waals surface area contributed by atoms with Crippen molar-refractivity contribution in [1.82, 2.24) is 0 Å². The highest BCUT2D eigenvalue weighted by molar-refractivity contribution is 7.25. The quantitative estimate of drug-likeness (QED) is 0.501. The Kier molecular flexibility index (Phi) is 3.94. The standard InChI is InChI=1S/C23H15NO4S/c24-9-3-4-11-7-8-14-15(10-11)19(26)17-16-18(25)12-5-1-2-6-13(12)20(27)22(16)29-23(17)21(14)28/h1-2,5-8,10H,3-4,9,24H2. The van der Waals surface area contributed by atoms with E-state index in [1.807, 2.05) is 6.07 Å². The number of nitrogens with two attached hydrogens (primary N) is 1. The summed E-state index contributed by atoms with van der Waals surface area (Å²) in [5.41, 5.74) is 5.10. The number of thiophene rings is 1. The van der Waals surface area contributed by atoms with Gasteiger partial charge in [-0.3, -0.25) is 19.2 Å². The van der Waals surface area contributed by atoms with E-state index in [1.54, 1.807) is 36.4 Å². The van der Waals surface area contributed by atoms with E-state index in [-0.39, 0.29) is 52.7 Å². The van der Waals surface area contributed by atoms with Gasteiger partial charge in [-0.1, -0.05) is 30.3 Å². The minimum Gasteiger partial charge on any atom is -0.330 e. The van der Waals surface area contributed by atoms with Gasteiger partial charge in [0.2, 0.25) is 10.9 Å². The van der Waals surface area contributed by atoms with Crippen molar-refractivity contribution < 1.29 is 0 Å². The van der Waals surface area contributed by atoms with Gasteiger partial charge in [0, 0.05) is 21.5 Å². The van der Waals surface area contributed by atoms with Crippen molar-refractivity contribution >= 4 is 53.1 Å². The number of benzene rings is 4. The van der Waals surface area contributed by atoms with Crippen LogP contribution in [0.5, 0.6) is 0 Å². The average Bonchev–Trinajstić information content (AvgIpc) is 3.16. The molecular weight excluding hydrogens is 386 g/mol. The van der Waals surface area contributed by atoms with Crippen LogP contribution in [0.3, 0.4) is 0 Å². The van der Waals surface area contributed by atoms with Gasteiger partial charge in [0.15, 0.2) is 10.9 Å². The topological polar surface area (TPSA) is 94.3 Å². The summed E-state index contributed by atoms with van der Waals surface area (Å²) in [4.78, 5) is 52.5. The Bertz CT molecular complexity index is 1670. The first-order chi connectivity index (χ1) is 14.0. The molecule has 0 aliphatic heterocycles. The molecule has 1 aromatic heterocycles. The smallest absolute Gasteiger partial charge is 0.204 e. The molecule has 2 N–H and O–H groups in total. The molecule has 0 aliphatic carbocycles. The molecule has 5 nitrogen and oxygen atoms in total. The Morgan fingerprint density at radius 2 is 1.24 bits per heavy atom. The number of rotatable bonds is 3. The van der Waals surface area contributed by atoms with Gasteiger partial charge in [-0.15, -0.1) is 11.3 Å². The second-order valence-electron chi connectivity index (χ2n) is 7.14. The fraction of sp³-hybridized carbons (Fsp3) is 0.130. The second kappa shape index (κ2) is 6.40. The first kappa shape index (κ1) is 17.8. The lowest BCUT2D eigenvalue weighted by molar-refractivity contribution is 0.833. The first-order valence-corrected chi connectivity index (χ1v) is 10.1. The van der Waals surface area contributed by atoms with Gasteiger partial charge in [-0.2, -0.15) is 0 Å². The molecule has 142 valence electrons. The second-order valence-corrected chi connectivity index (χ2v) is 8.17. The Morgan fingerprint density at radius 3 is 1.86 bits per heavy atom. The highest BCUT2D eigenvalue weighted by Gasteiger charge is 2.21. The monoisotopic (exact) mass is 401 g/mol. The molecule has 0 unspecified atom stereocenters. The molecule has 0 radical (unpaired) electrons. The average molecular weight is 401 g/mol. The summed E-state index contributed by atoms with van der Waals surface area (Å²) < 4.78 is 0.355. The van der Waals surface area contributed by atoms with Gasteiger partial charge >= 0.3 is 0 Å². The number of fused-ring (bicyclic) bond motifs is 5. The zero-order valence-electron chi connectivity index (χ0n) is 15.3. The van der Waals surface area contributed by atoms with Crippen molar-refractivity contribution in [2.45, 2.75) is 12.8 Å². The van der Waals surface area contributed by atoms with E-state index in [0.717, 1.165) is 23.3 Å². The van der Waals surface area contributed by atoms with Crippen molar-refractivity contribution in [3.05, 3.63) is 88.9 Å². The van der Waals surface area contributed by atoms with E-state index in [1.165, 1.54) is 0 Å². The normalized spacial score (nSPS) is 11.9. The van der Waals surface area contributed by atoms with Gasteiger partial charge in [-0.25, -0.2) is 0 Å². The van der Waals surface area contributed by atoms with Crippen molar-refractivity contribution in [2.24, 2.45) is 5.73 Å². The predicted molar refractivity (Wildman–Crippen MR) is 119 cm³/mol. The zero-order chi connectivity index (χ0) is 20.3. The maximum absolute atomic E-state index is 13.3. The highest BCUT2D eigenvalue weighted by atomic mass is 32.1. The molecule has 0 saturated carbocycles. The summed E-state index contributed by atoms with van der Waals surface area (Å²) in [7, 11) is 0. The van der Waals surface area contributed by atoms with Crippen LogP contribution < -0.4 is 27.4 Å². The predicted octanol–water partition coefficient (Wildman–Crippen LogP) is 2.57. The lowest BCUT2D eigenvalue weighted by Crippen LogP contribution is -2.15. The summed E-state index contributed by atoms with van der Waals surface area (Å²) in [6, 6.07) is 11.7. The molecule has 0 spiro atoms. The Hall–Kier alpha value is -3.22. The minimum atomic E-state index is -0.378. The van der Waals surface area contributed by atoms with Gasteiger partial charge in [0.25, 0.3) is 0 Å². The lowest BCUT2D eigenvalue weighted by atomic mass is 9.99. The Balaban J connectivity index is 2.02. The van der Waals surface area contributed by atoms with E-state index >= 15 is 0 Å². The molecule has 0 fully saturated rings. The van der Waals surface area contributed by atoms with Crippen molar-refractivity contribution in [3.8, 4) is 0 Å². The van der Waals surface area contributed by atoms with E-state index in [4.69, 9.17) is 5.73 Å². The first-order valence-electron chi connectivity index (χ1n) is 9.30. The van der Waals surface area contributed by atoms with Crippen molar-refractivity contribution in [3.63, 3.8) is 0 Å². The third kappa shape index (κ3) is 2.43. The molecule has 0 saturated heterocycles. The fourth-order valence-corrected chi connectivity index (χ4v) is 5.22. The third-order valence-electron chi connectivity index (χ3n) is 5.43. The van der Waals surface area contributed by atoms with Crippen molar-refractivity contribution in [1.29, 1.82) is 0 Å². The van der Waals surface area contributed by atoms with Crippen LogP contribution >= 0.6 is 11.3 Å². The lowest BCUT2D eigenvalue weighted by Gasteiger charge is -2.03. The molecule has 5 aromatic rings. The third-order valence-corrected chi connectivity index (χ3v) is 6.62. The SMILES string of the molecule is NCCCc1ccc2c(=O)c3sc4c(=O)c5ccccc5c(=O)c4c3c(=O)c2c1. The van der Waals surface area contributed by atoms with Crippen LogP contribution in [0.2, 0.25) is 0 Å². The summed E-state index contributed by atoms with van der Waals surface area (Å²) in [6.07, 6.45) is 1.47. The number of aryl methyl sites for hydroxylation is 1. The molecule has 5 rings (SSSR count). The van der Waals surface area contributed by atoms with E-state index in [9.17, 15) is 19.2 Å². The van der Waals surface area contributed by atoms with E-state index in [2.05, 4.69) is 0 Å². The molecule has 0 aliphatic rings. The van der Waals surface area contributed by atoms with Crippen molar-refractivity contribution in [2.75, 3.05) is 6.54 Å². The fourth-order valence-electron chi connectivity index (χ4n) is 4.02. The van der Waals surface area contributed by atoms with Gasteiger partial charge in [0.05, 0.1) is 20.2 Å². The van der Waals surface area contributed by atoms with Gasteiger partial charge in [-0.05, 0) is 37.1 Å². The van der Waals surface area contributed by atoms with Gasteiger partial charge in [0.1, 0.15) is 0 Å². The molecule has 4 aromatic carbocycles. The van der Waals surface area contributed by atoms with Crippen LogP contribution in [0.4, 0.5) is 0 Å². The molecule has 1 heterocycles. The molecular formula is C23H15NO4S. The Labute approximate surface area is 167 Å². The van der Waals surface area contributed by atoms with Crippen LogP contribution in [0, 0.1) is 0 Å². The largest absolute Gasteiger partial charge is 0.330 e.